The highest BCUT2D eigenvalue weighted by molar-refractivity contribution is 5.89. The number of aryl methyl sites for hydroxylation is 2. The molecule has 6 aromatic rings. The molecule has 4 amide bonds. The second kappa shape index (κ2) is 19.3. The van der Waals surface area contributed by atoms with Gasteiger partial charge in [-0.1, -0.05) is 83.1 Å². The average molecular weight is 943 g/mol. The molecule has 14 nitrogen and oxygen atoms in total. The van der Waals surface area contributed by atoms with Crippen molar-refractivity contribution in [3.8, 4) is 22.3 Å². The maximum atomic E-state index is 15.1. The van der Waals surface area contributed by atoms with Crippen LogP contribution in [0.15, 0.2) is 72.8 Å². The van der Waals surface area contributed by atoms with Gasteiger partial charge in [-0.05, 0) is 106 Å². The van der Waals surface area contributed by atoms with Gasteiger partial charge in [-0.3, -0.25) is 9.59 Å². The van der Waals surface area contributed by atoms with Gasteiger partial charge in [0, 0.05) is 12.8 Å². The summed E-state index contributed by atoms with van der Waals surface area (Å²) in [5, 5.41) is 5.25. The molecule has 2 aliphatic heterocycles. The van der Waals surface area contributed by atoms with Crippen LogP contribution >= 0.6 is 0 Å². The number of alkyl carbamates (subject to hydrolysis) is 2. The number of fused-ring (bicyclic) bond motifs is 2. The van der Waals surface area contributed by atoms with E-state index >= 15 is 8.78 Å². The third kappa shape index (κ3) is 9.49. The molecule has 16 heteroatoms. The maximum Gasteiger partial charge on any atom is 0.407 e. The van der Waals surface area contributed by atoms with Crippen LogP contribution in [0.3, 0.4) is 0 Å². The van der Waals surface area contributed by atoms with Crippen molar-refractivity contribution in [1.82, 2.24) is 40.4 Å². The van der Waals surface area contributed by atoms with E-state index in [9.17, 15) is 19.2 Å². The fraction of sp³-hybridized carbons (Fsp3) is 0.434. The van der Waals surface area contributed by atoms with Crippen molar-refractivity contribution < 1.29 is 37.4 Å². The van der Waals surface area contributed by atoms with Crippen LogP contribution in [0.1, 0.15) is 99.4 Å². The Morgan fingerprint density at radius 3 is 1.64 bits per heavy atom. The van der Waals surface area contributed by atoms with E-state index in [1.807, 2.05) is 39.8 Å². The van der Waals surface area contributed by atoms with Crippen LogP contribution < -0.4 is 10.6 Å². The first-order valence-corrected chi connectivity index (χ1v) is 23.9. The Labute approximate surface area is 399 Å². The monoisotopic (exact) mass is 942 g/mol. The van der Waals surface area contributed by atoms with E-state index in [1.54, 1.807) is 0 Å². The molecule has 4 bridgehead atoms. The molecule has 12 rings (SSSR count). The number of methoxy groups -OCH3 is 2. The third-order valence-corrected chi connectivity index (χ3v) is 14.2. The number of amides is 4. The van der Waals surface area contributed by atoms with Crippen molar-refractivity contribution in [3.63, 3.8) is 0 Å². The molecule has 0 radical (unpaired) electrons. The molecule has 2 aromatic heterocycles. The SMILES string of the molecule is COC(=O)NC(C(=O)N1CC(F)CC1c1nc2ccc(-c3cc4ccc3CCc3ccc(c(-c5ccc6nc(C7CC(F)CN7C(=O)C(NC(=O)OC)C(C)C)[nH]c6c5)c3)CC4C)cc2[nH]1)C(C)C. The number of hydrogen-bond acceptors (Lipinski definition) is 8. The number of likely N-dealkylation sites (tertiary alicyclic amines) is 2. The summed E-state index contributed by atoms with van der Waals surface area (Å²) in [5.74, 6) is -0.113. The first-order valence-electron chi connectivity index (χ1n) is 23.9. The number of imidazole rings is 2. The fourth-order valence-electron chi connectivity index (χ4n) is 10.4. The predicted octanol–water partition coefficient (Wildman–Crippen LogP) is 9.20. The molecule has 2 saturated heterocycles. The number of rotatable bonds is 10. The number of halogens is 2. The van der Waals surface area contributed by atoms with Crippen LogP contribution in [0, 0.1) is 11.8 Å². The molecule has 4 N–H and O–H groups in total. The number of hydrogen-bond donors (Lipinski definition) is 4. The first kappa shape index (κ1) is 47.2. The lowest BCUT2D eigenvalue weighted by atomic mass is 9.84. The van der Waals surface area contributed by atoms with Gasteiger partial charge in [-0.2, -0.15) is 0 Å². The number of benzene rings is 4. The van der Waals surface area contributed by atoms with Crippen LogP contribution in [-0.4, -0.2) is 105 Å². The predicted molar refractivity (Wildman–Crippen MR) is 259 cm³/mol. The summed E-state index contributed by atoms with van der Waals surface area (Å²) in [5.41, 5.74) is 12.1. The van der Waals surface area contributed by atoms with Crippen molar-refractivity contribution in [2.24, 2.45) is 11.8 Å². The van der Waals surface area contributed by atoms with Gasteiger partial charge in [0.2, 0.25) is 11.8 Å². The zero-order chi connectivity index (χ0) is 48.8. The minimum atomic E-state index is -1.24. The first-order chi connectivity index (χ1) is 33.1. The van der Waals surface area contributed by atoms with E-state index in [4.69, 9.17) is 19.4 Å². The van der Waals surface area contributed by atoms with E-state index in [2.05, 4.69) is 88.2 Å². The molecule has 4 aliphatic carbocycles. The van der Waals surface area contributed by atoms with Gasteiger partial charge < -0.3 is 39.9 Å². The highest BCUT2D eigenvalue weighted by Crippen LogP contribution is 2.39. The van der Waals surface area contributed by atoms with E-state index in [1.165, 1.54) is 46.3 Å². The normalized spacial score (nSPS) is 21.2. The topological polar surface area (TPSA) is 175 Å². The van der Waals surface area contributed by atoms with E-state index < -0.39 is 48.7 Å². The Morgan fingerprint density at radius 2 is 1.14 bits per heavy atom. The van der Waals surface area contributed by atoms with Gasteiger partial charge >= 0.3 is 12.2 Å². The molecule has 2 fully saturated rings. The van der Waals surface area contributed by atoms with Crippen LogP contribution in [0.2, 0.25) is 0 Å². The summed E-state index contributed by atoms with van der Waals surface area (Å²) in [6, 6.07) is 22.7. The average Bonchev–Trinajstić information content (AvgIpc) is 4.14. The third-order valence-electron chi connectivity index (χ3n) is 14.2. The molecule has 4 aromatic carbocycles. The molecule has 6 aliphatic rings. The Morgan fingerprint density at radius 1 is 0.652 bits per heavy atom. The van der Waals surface area contributed by atoms with Gasteiger partial charge in [0.15, 0.2) is 0 Å². The van der Waals surface area contributed by atoms with Gasteiger partial charge in [0.1, 0.15) is 36.1 Å². The zero-order valence-corrected chi connectivity index (χ0v) is 40.1. The summed E-state index contributed by atoms with van der Waals surface area (Å²) in [7, 11) is 2.48. The van der Waals surface area contributed by atoms with Gasteiger partial charge in [0.05, 0.1) is 61.5 Å². The molecule has 7 atom stereocenters. The number of H-pyrrole nitrogens is 2. The summed E-state index contributed by atoms with van der Waals surface area (Å²) in [4.78, 5) is 71.4. The van der Waals surface area contributed by atoms with Gasteiger partial charge in [-0.15, -0.1) is 0 Å². The minimum Gasteiger partial charge on any atom is -0.453 e. The van der Waals surface area contributed by atoms with E-state index in [0.29, 0.717) is 22.7 Å². The number of alkyl halides is 2. The number of carbonyl (C=O) groups excluding carboxylic acids is 4. The number of nitrogens with one attached hydrogen (secondary N) is 4. The van der Waals surface area contributed by atoms with Crippen molar-refractivity contribution in [3.05, 3.63) is 107 Å². The fourth-order valence-corrected chi connectivity index (χ4v) is 10.4. The summed E-state index contributed by atoms with van der Waals surface area (Å²) in [6.45, 7) is 9.34. The van der Waals surface area contributed by atoms with Crippen LogP contribution in [0.4, 0.5) is 18.4 Å². The second-order valence-electron chi connectivity index (χ2n) is 19.6. The Balaban J connectivity index is 0.968. The van der Waals surface area contributed by atoms with Crippen LogP contribution in [0.5, 0.6) is 0 Å². The van der Waals surface area contributed by atoms with Crippen molar-refractivity contribution in [2.75, 3.05) is 27.3 Å². The molecular formula is C53H60F2N8O6. The van der Waals surface area contributed by atoms with Crippen LogP contribution in [-0.2, 0) is 38.3 Å². The molecule has 362 valence electrons. The molecular weight excluding hydrogens is 883 g/mol. The lowest BCUT2D eigenvalue weighted by Crippen LogP contribution is -2.51. The lowest BCUT2D eigenvalue weighted by molar-refractivity contribution is -0.136. The largest absolute Gasteiger partial charge is 0.453 e. The quantitative estimate of drug-likeness (QED) is 0.105. The van der Waals surface area contributed by atoms with Gasteiger partial charge in [-0.25, -0.2) is 28.3 Å². The van der Waals surface area contributed by atoms with Crippen LogP contribution in [0.25, 0.3) is 44.3 Å². The molecule has 69 heavy (non-hydrogen) atoms. The Bertz CT molecular complexity index is 2930. The summed E-state index contributed by atoms with van der Waals surface area (Å²) >= 11 is 0. The van der Waals surface area contributed by atoms with Crippen molar-refractivity contribution >= 4 is 46.1 Å². The number of aromatic nitrogens is 4. The molecule has 7 unspecified atom stereocenters. The number of ether oxygens (including phenoxy) is 2. The number of aromatic amines is 2. The van der Waals surface area contributed by atoms with Crippen molar-refractivity contribution in [1.29, 1.82) is 0 Å². The van der Waals surface area contributed by atoms with Crippen molar-refractivity contribution in [2.45, 2.75) is 109 Å². The van der Waals surface area contributed by atoms with E-state index in [-0.39, 0.29) is 55.5 Å². The lowest BCUT2D eigenvalue weighted by Gasteiger charge is -2.29. The Kier molecular flexibility index (Phi) is 13.2. The van der Waals surface area contributed by atoms with Gasteiger partial charge in [0.25, 0.3) is 0 Å². The number of carbonyl (C=O) groups is 4. The summed E-state index contributed by atoms with van der Waals surface area (Å²) in [6.07, 6.45) is -1.39. The zero-order valence-electron chi connectivity index (χ0n) is 40.1. The molecule has 4 heterocycles. The minimum absolute atomic E-state index is 0.0935. The molecule has 0 spiro atoms. The van der Waals surface area contributed by atoms with E-state index in [0.717, 1.165) is 52.5 Å². The summed E-state index contributed by atoms with van der Waals surface area (Å²) < 4.78 is 39.7. The smallest absolute Gasteiger partial charge is 0.407 e. The standard InChI is InChI=1S/C53H60F2N8O6/c1-27(2)46(60-52(66)68-6)50(64)62-25-36(54)23-44(62)48-56-40-16-14-34(21-42(40)58-48)38-19-30-8-10-31-12-13-32(29(5)18-33(38)11-9-30)20-39(31)35-15-17-41-43(22-35)59-49(57-41)45-24-37(55)26-63(45)51(65)47(28(3)4)61-53(67)69-7/h9,11-17,19-22,27-29,36-37,44-47H,8,10,18,23-26H2,1-7H3,(H,56,58)(H,57,59)(H,60,66)(H,61,67). The maximum absolute atomic E-state index is 15.1. The highest BCUT2D eigenvalue weighted by atomic mass is 19.1. The highest BCUT2D eigenvalue weighted by Gasteiger charge is 2.43. The number of nitrogens with zero attached hydrogens (tertiary/aromatic N) is 4. The molecule has 0 saturated carbocycles. The Hall–Kier alpha value is -6.84. The second-order valence-corrected chi connectivity index (χ2v) is 19.6.